The van der Waals surface area contributed by atoms with Crippen molar-refractivity contribution in [1.82, 2.24) is 4.90 Å². The molecule has 2 rings (SSSR count). The maximum atomic E-state index is 11.1. The topological polar surface area (TPSA) is 49.8 Å². The molecule has 0 radical (unpaired) electrons. The third-order valence-electron chi connectivity index (χ3n) is 4.39. The Balaban J connectivity index is 1.81. The van der Waals surface area contributed by atoms with Crippen molar-refractivity contribution in [2.24, 2.45) is 5.92 Å². The first-order chi connectivity index (χ1) is 10.5. The summed E-state index contributed by atoms with van der Waals surface area (Å²) in [6.45, 7) is 9.50. The van der Waals surface area contributed by atoms with E-state index in [1.165, 1.54) is 11.1 Å². The van der Waals surface area contributed by atoms with Gasteiger partial charge in [-0.1, -0.05) is 19.9 Å². The number of hydrogen-bond acceptors (Lipinski definition) is 3. The summed E-state index contributed by atoms with van der Waals surface area (Å²) in [7, 11) is 0. The lowest BCUT2D eigenvalue weighted by molar-refractivity contribution is -0.143. The van der Waals surface area contributed by atoms with Gasteiger partial charge in [0.05, 0.1) is 5.92 Å². The molecule has 1 heterocycles. The maximum Gasteiger partial charge on any atom is 0.307 e. The number of carboxylic acids is 1. The Kier molecular flexibility index (Phi) is 5.83. The van der Waals surface area contributed by atoms with Crippen molar-refractivity contribution < 1.29 is 14.6 Å². The molecule has 0 saturated carbocycles. The molecular weight excluding hydrogens is 278 g/mol. The van der Waals surface area contributed by atoms with E-state index in [0.29, 0.717) is 19.1 Å². The van der Waals surface area contributed by atoms with E-state index in [0.717, 1.165) is 31.7 Å². The molecular formula is C18H27NO3. The molecule has 1 fully saturated rings. The van der Waals surface area contributed by atoms with Gasteiger partial charge in [0.25, 0.3) is 0 Å². The second-order valence-electron chi connectivity index (χ2n) is 6.50. The van der Waals surface area contributed by atoms with Crippen molar-refractivity contribution in [2.75, 3.05) is 26.2 Å². The number of benzene rings is 1. The summed E-state index contributed by atoms with van der Waals surface area (Å²) in [5, 5.41) is 9.10. The monoisotopic (exact) mass is 305 g/mol. The van der Waals surface area contributed by atoms with Crippen molar-refractivity contribution in [3.05, 3.63) is 29.3 Å². The molecule has 1 aromatic rings. The van der Waals surface area contributed by atoms with Gasteiger partial charge in [0.15, 0.2) is 0 Å². The molecule has 0 aliphatic carbocycles. The van der Waals surface area contributed by atoms with Crippen LogP contribution in [0.5, 0.6) is 5.75 Å². The Morgan fingerprint density at radius 2 is 2.23 bits per heavy atom. The van der Waals surface area contributed by atoms with E-state index < -0.39 is 5.97 Å². The van der Waals surface area contributed by atoms with Gasteiger partial charge in [0, 0.05) is 13.1 Å². The minimum Gasteiger partial charge on any atom is -0.492 e. The number of rotatable bonds is 6. The van der Waals surface area contributed by atoms with Crippen LogP contribution in [-0.4, -0.2) is 42.2 Å². The fraction of sp³-hybridized carbons (Fsp3) is 0.611. The lowest BCUT2D eigenvalue weighted by Crippen LogP contribution is -2.40. The van der Waals surface area contributed by atoms with Crippen molar-refractivity contribution in [2.45, 2.75) is 39.5 Å². The standard InChI is InChI=1S/C18H27NO3/c1-13(2)17-7-6-16(11-14(17)3)22-10-9-19-8-4-5-15(12-19)18(20)21/h6-7,11,13,15H,4-5,8-10,12H2,1-3H3,(H,20,21)/t15-/m1/s1. The van der Waals surface area contributed by atoms with Crippen LogP contribution in [0, 0.1) is 12.8 Å². The molecule has 1 aliphatic heterocycles. The SMILES string of the molecule is Cc1cc(OCCN2CCC[C@@H](C(=O)O)C2)ccc1C(C)C. The molecule has 1 saturated heterocycles. The van der Waals surface area contributed by atoms with Gasteiger partial charge >= 0.3 is 5.97 Å². The van der Waals surface area contributed by atoms with Crippen molar-refractivity contribution >= 4 is 5.97 Å². The van der Waals surface area contributed by atoms with Crippen LogP contribution in [0.2, 0.25) is 0 Å². The Hall–Kier alpha value is -1.55. The number of nitrogens with zero attached hydrogens (tertiary/aromatic N) is 1. The first-order valence-corrected chi connectivity index (χ1v) is 8.16. The highest BCUT2D eigenvalue weighted by molar-refractivity contribution is 5.70. The molecule has 4 heteroatoms. The predicted octanol–water partition coefficient (Wildman–Crippen LogP) is 3.29. The summed E-state index contributed by atoms with van der Waals surface area (Å²) < 4.78 is 5.83. The molecule has 1 atom stereocenters. The van der Waals surface area contributed by atoms with Crippen LogP contribution < -0.4 is 4.74 Å². The number of piperidine rings is 1. The summed E-state index contributed by atoms with van der Waals surface area (Å²) in [4.78, 5) is 13.3. The van der Waals surface area contributed by atoms with Gasteiger partial charge in [-0.25, -0.2) is 0 Å². The van der Waals surface area contributed by atoms with Crippen LogP contribution in [0.15, 0.2) is 18.2 Å². The number of carboxylic acid groups (broad SMARTS) is 1. The van der Waals surface area contributed by atoms with Crippen LogP contribution in [0.25, 0.3) is 0 Å². The molecule has 22 heavy (non-hydrogen) atoms. The zero-order chi connectivity index (χ0) is 16.1. The predicted molar refractivity (Wildman–Crippen MR) is 87.6 cm³/mol. The maximum absolute atomic E-state index is 11.1. The number of aliphatic carboxylic acids is 1. The number of ether oxygens (including phenoxy) is 1. The highest BCUT2D eigenvalue weighted by atomic mass is 16.5. The van der Waals surface area contributed by atoms with Crippen molar-refractivity contribution in [1.29, 1.82) is 0 Å². The zero-order valence-electron chi connectivity index (χ0n) is 13.8. The molecule has 1 aliphatic rings. The van der Waals surface area contributed by atoms with Crippen LogP contribution in [-0.2, 0) is 4.79 Å². The lowest BCUT2D eigenvalue weighted by Gasteiger charge is -2.30. The molecule has 0 spiro atoms. The van der Waals surface area contributed by atoms with E-state index in [4.69, 9.17) is 9.84 Å². The fourth-order valence-electron chi connectivity index (χ4n) is 3.14. The van der Waals surface area contributed by atoms with Gasteiger partial charge in [-0.2, -0.15) is 0 Å². The van der Waals surface area contributed by atoms with E-state index in [9.17, 15) is 4.79 Å². The smallest absolute Gasteiger partial charge is 0.307 e. The summed E-state index contributed by atoms with van der Waals surface area (Å²) in [6, 6.07) is 6.25. The highest BCUT2D eigenvalue weighted by Crippen LogP contribution is 2.23. The molecule has 0 bridgehead atoms. The summed E-state index contributed by atoms with van der Waals surface area (Å²) >= 11 is 0. The second kappa shape index (κ2) is 7.63. The molecule has 1 aromatic carbocycles. The van der Waals surface area contributed by atoms with Crippen LogP contribution in [0.3, 0.4) is 0 Å². The van der Waals surface area contributed by atoms with E-state index in [1.54, 1.807) is 0 Å². The van der Waals surface area contributed by atoms with E-state index in [-0.39, 0.29) is 5.92 Å². The Bertz CT molecular complexity index is 513. The fourth-order valence-corrected chi connectivity index (χ4v) is 3.14. The van der Waals surface area contributed by atoms with Crippen LogP contribution in [0.4, 0.5) is 0 Å². The molecule has 4 nitrogen and oxygen atoms in total. The average molecular weight is 305 g/mol. The number of carbonyl (C=O) groups is 1. The highest BCUT2D eigenvalue weighted by Gasteiger charge is 2.24. The number of likely N-dealkylation sites (tertiary alicyclic amines) is 1. The van der Waals surface area contributed by atoms with E-state index >= 15 is 0 Å². The molecule has 1 N–H and O–H groups in total. The summed E-state index contributed by atoms with van der Waals surface area (Å²) in [5.41, 5.74) is 2.61. The quantitative estimate of drug-likeness (QED) is 0.876. The van der Waals surface area contributed by atoms with Crippen molar-refractivity contribution in [3.63, 3.8) is 0 Å². The molecule has 122 valence electrons. The Labute approximate surface area is 133 Å². The van der Waals surface area contributed by atoms with Gasteiger partial charge in [0.2, 0.25) is 0 Å². The first kappa shape index (κ1) is 16.8. The third-order valence-corrected chi connectivity index (χ3v) is 4.39. The van der Waals surface area contributed by atoms with Crippen LogP contribution >= 0.6 is 0 Å². The van der Waals surface area contributed by atoms with Gasteiger partial charge in [-0.15, -0.1) is 0 Å². The Morgan fingerprint density at radius 3 is 2.86 bits per heavy atom. The third kappa shape index (κ3) is 4.47. The lowest BCUT2D eigenvalue weighted by atomic mass is 9.98. The summed E-state index contributed by atoms with van der Waals surface area (Å²) in [5.74, 6) is 0.524. The van der Waals surface area contributed by atoms with Gasteiger partial charge in [0.1, 0.15) is 12.4 Å². The van der Waals surface area contributed by atoms with Crippen LogP contribution in [0.1, 0.15) is 43.7 Å². The minimum atomic E-state index is -0.675. The normalized spacial score (nSPS) is 19.4. The average Bonchev–Trinajstić information content (AvgIpc) is 2.47. The largest absolute Gasteiger partial charge is 0.492 e. The van der Waals surface area contributed by atoms with E-state index in [1.807, 2.05) is 6.07 Å². The van der Waals surface area contributed by atoms with Gasteiger partial charge in [-0.05, 0) is 55.5 Å². The minimum absolute atomic E-state index is 0.221. The molecule has 0 aromatic heterocycles. The Morgan fingerprint density at radius 1 is 1.45 bits per heavy atom. The molecule has 0 amide bonds. The van der Waals surface area contributed by atoms with E-state index in [2.05, 4.69) is 37.8 Å². The second-order valence-corrected chi connectivity index (χ2v) is 6.50. The molecule has 0 unspecified atom stereocenters. The van der Waals surface area contributed by atoms with Gasteiger partial charge < -0.3 is 9.84 Å². The first-order valence-electron chi connectivity index (χ1n) is 8.16. The van der Waals surface area contributed by atoms with Gasteiger partial charge in [-0.3, -0.25) is 9.69 Å². The zero-order valence-corrected chi connectivity index (χ0v) is 13.8. The van der Waals surface area contributed by atoms with Crippen molar-refractivity contribution in [3.8, 4) is 5.75 Å². The summed E-state index contributed by atoms with van der Waals surface area (Å²) in [6.07, 6.45) is 1.75. The number of aryl methyl sites for hydroxylation is 1. The number of hydrogen-bond donors (Lipinski definition) is 1.